The number of imidazole rings is 1. The van der Waals surface area contributed by atoms with E-state index in [0.717, 1.165) is 30.3 Å². The molecule has 1 saturated carbocycles. The molecule has 3 rings (SSSR count). The Hall–Kier alpha value is -2.38. The first-order valence-corrected chi connectivity index (χ1v) is 8.73. The summed E-state index contributed by atoms with van der Waals surface area (Å²) in [6.07, 6.45) is 7.04. The molecule has 1 aliphatic carbocycles. The lowest BCUT2D eigenvalue weighted by molar-refractivity contribution is -0.135. The largest absolute Gasteiger partial charge is 0.341 e. The molecule has 1 fully saturated rings. The molecular formula is C17H25N5O3. The fourth-order valence-electron chi connectivity index (χ4n) is 3.72. The Labute approximate surface area is 145 Å². The third-order valence-corrected chi connectivity index (χ3v) is 5.42. The van der Waals surface area contributed by atoms with Gasteiger partial charge in [-0.25, -0.2) is 9.78 Å². The molecular weight excluding hydrogens is 322 g/mol. The summed E-state index contributed by atoms with van der Waals surface area (Å²) < 4.78 is 3.95. The van der Waals surface area contributed by atoms with Gasteiger partial charge in [0.2, 0.25) is 5.91 Å². The molecule has 1 amide bonds. The van der Waals surface area contributed by atoms with E-state index < -0.39 is 17.3 Å². The minimum absolute atomic E-state index is 0.0397. The maximum absolute atomic E-state index is 12.9. The van der Waals surface area contributed by atoms with Gasteiger partial charge in [-0.05, 0) is 19.8 Å². The maximum atomic E-state index is 12.9. The van der Waals surface area contributed by atoms with Crippen molar-refractivity contribution in [2.75, 3.05) is 7.05 Å². The summed E-state index contributed by atoms with van der Waals surface area (Å²) in [6.45, 7) is 1.77. The average molecular weight is 347 g/mol. The monoisotopic (exact) mass is 347 g/mol. The molecule has 0 unspecified atom stereocenters. The SMILES string of the molecule is C[C@H](C(=O)N(C)C1CCCCC1)n1cnc2c1c(=O)n(C)c(=O)n2C. The molecule has 2 aromatic heterocycles. The highest BCUT2D eigenvalue weighted by Gasteiger charge is 2.28. The van der Waals surface area contributed by atoms with E-state index in [1.54, 1.807) is 18.5 Å². The summed E-state index contributed by atoms with van der Waals surface area (Å²) in [6, 6.07) is -0.298. The second-order valence-corrected chi connectivity index (χ2v) is 6.95. The van der Waals surface area contributed by atoms with Crippen molar-refractivity contribution >= 4 is 17.1 Å². The Morgan fingerprint density at radius 2 is 1.84 bits per heavy atom. The maximum Gasteiger partial charge on any atom is 0.332 e. The molecule has 136 valence electrons. The molecule has 2 heterocycles. The van der Waals surface area contributed by atoms with Crippen LogP contribution in [0, 0.1) is 0 Å². The van der Waals surface area contributed by atoms with Gasteiger partial charge in [0.15, 0.2) is 11.2 Å². The van der Waals surface area contributed by atoms with Crippen molar-refractivity contribution in [2.24, 2.45) is 14.1 Å². The van der Waals surface area contributed by atoms with Crippen LogP contribution in [0.3, 0.4) is 0 Å². The van der Waals surface area contributed by atoms with Crippen molar-refractivity contribution < 1.29 is 4.79 Å². The normalized spacial score (nSPS) is 17.0. The van der Waals surface area contributed by atoms with Crippen molar-refractivity contribution in [1.29, 1.82) is 0 Å². The Bertz CT molecular complexity index is 917. The summed E-state index contributed by atoms with van der Waals surface area (Å²) in [7, 11) is 4.84. The Morgan fingerprint density at radius 1 is 1.20 bits per heavy atom. The zero-order chi connectivity index (χ0) is 18.3. The van der Waals surface area contributed by atoms with Crippen LogP contribution in [0.15, 0.2) is 15.9 Å². The topological polar surface area (TPSA) is 82.1 Å². The lowest BCUT2D eigenvalue weighted by atomic mass is 9.94. The zero-order valence-corrected chi connectivity index (χ0v) is 15.2. The molecule has 1 aliphatic rings. The Morgan fingerprint density at radius 3 is 2.48 bits per heavy atom. The highest BCUT2D eigenvalue weighted by molar-refractivity contribution is 5.82. The van der Waals surface area contributed by atoms with Crippen LogP contribution in [-0.4, -0.2) is 42.6 Å². The van der Waals surface area contributed by atoms with E-state index in [9.17, 15) is 14.4 Å². The van der Waals surface area contributed by atoms with Gasteiger partial charge in [0.1, 0.15) is 6.04 Å². The highest BCUT2D eigenvalue weighted by Crippen LogP contribution is 2.24. The first-order valence-electron chi connectivity index (χ1n) is 8.73. The second kappa shape index (κ2) is 6.50. The molecule has 0 N–H and O–H groups in total. The van der Waals surface area contributed by atoms with Gasteiger partial charge in [0, 0.05) is 27.2 Å². The van der Waals surface area contributed by atoms with Crippen LogP contribution in [-0.2, 0) is 18.9 Å². The minimum atomic E-state index is -0.554. The van der Waals surface area contributed by atoms with Crippen molar-refractivity contribution in [3.63, 3.8) is 0 Å². The zero-order valence-electron chi connectivity index (χ0n) is 15.2. The van der Waals surface area contributed by atoms with Crippen LogP contribution < -0.4 is 11.2 Å². The summed E-state index contributed by atoms with van der Waals surface area (Å²) in [4.78, 5) is 43.5. The van der Waals surface area contributed by atoms with E-state index >= 15 is 0 Å². The number of fused-ring (bicyclic) bond motifs is 1. The fourth-order valence-corrected chi connectivity index (χ4v) is 3.72. The lowest BCUT2D eigenvalue weighted by Gasteiger charge is -2.33. The molecule has 0 aliphatic heterocycles. The van der Waals surface area contributed by atoms with Gasteiger partial charge in [-0.15, -0.1) is 0 Å². The molecule has 0 saturated heterocycles. The number of hydrogen-bond acceptors (Lipinski definition) is 4. The number of hydrogen-bond donors (Lipinski definition) is 0. The third-order valence-electron chi connectivity index (χ3n) is 5.42. The standard InChI is InChI=1S/C17H25N5O3/c1-11(15(23)19(2)12-8-6-5-7-9-12)22-10-18-14-13(22)16(24)21(4)17(25)20(14)3/h10-12H,5-9H2,1-4H3/t11-/m1/s1. The average Bonchev–Trinajstić information content (AvgIpc) is 3.08. The van der Waals surface area contributed by atoms with Gasteiger partial charge in [-0.3, -0.25) is 18.7 Å². The summed E-state index contributed by atoms with van der Waals surface area (Å²) in [5.41, 5.74) is -0.285. The second-order valence-electron chi connectivity index (χ2n) is 6.95. The number of likely N-dealkylation sites (N-methyl/N-ethyl adjacent to an activating group) is 1. The number of amides is 1. The Balaban J connectivity index is 2.00. The van der Waals surface area contributed by atoms with Gasteiger partial charge in [-0.2, -0.15) is 0 Å². The van der Waals surface area contributed by atoms with Crippen molar-refractivity contribution in [3.8, 4) is 0 Å². The molecule has 1 atom stereocenters. The van der Waals surface area contributed by atoms with E-state index in [4.69, 9.17) is 0 Å². The van der Waals surface area contributed by atoms with Gasteiger partial charge in [-0.1, -0.05) is 19.3 Å². The summed E-state index contributed by atoms with van der Waals surface area (Å²) in [5, 5.41) is 0. The van der Waals surface area contributed by atoms with Crippen LogP contribution in [0.1, 0.15) is 45.1 Å². The molecule has 0 radical (unpaired) electrons. The molecule has 2 aromatic rings. The van der Waals surface area contributed by atoms with Crippen molar-refractivity contribution in [3.05, 3.63) is 27.2 Å². The van der Waals surface area contributed by atoms with Gasteiger partial charge in [0.05, 0.1) is 6.33 Å². The van der Waals surface area contributed by atoms with Crippen LogP contribution in [0.25, 0.3) is 11.2 Å². The number of carbonyl (C=O) groups is 1. The first-order chi connectivity index (χ1) is 11.8. The van der Waals surface area contributed by atoms with E-state index in [1.807, 2.05) is 11.9 Å². The molecule has 0 spiro atoms. The number of aryl methyl sites for hydroxylation is 1. The molecule has 25 heavy (non-hydrogen) atoms. The fraction of sp³-hybridized carbons (Fsp3) is 0.647. The van der Waals surface area contributed by atoms with E-state index in [0.29, 0.717) is 5.65 Å². The van der Waals surface area contributed by atoms with Crippen LogP contribution in [0.2, 0.25) is 0 Å². The number of carbonyl (C=O) groups excluding carboxylic acids is 1. The lowest BCUT2D eigenvalue weighted by Crippen LogP contribution is -2.42. The first kappa shape index (κ1) is 17.4. The smallest absolute Gasteiger partial charge is 0.332 e. The van der Waals surface area contributed by atoms with Crippen LogP contribution in [0.4, 0.5) is 0 Å². The van der Waals surface area contributed by atoms with Crippen molar-refractivity contribution in [2.45, 2.75) is 51.1 Å². The molecule has 0 aromatic carbocycles. The Kier molecular flexibility index (Phi) is 4.53. The van der Waals surface area contributed by atoms with Gasteiger partial charge >= 0.3 is 5.69 Å². The van der Waals surface area contributed by atoms with Crippen LogP contribution >= 0.6 is 0 Å². The molecule has 0 bridgehead atoms. The summed E-state index contributed by atoms with van der Waals surface area (Å²) in [5.74, 6) is -0.0397. The van der Waals surface area contributed by atoms with E-state index in [2.05, 4.69) is 4.98 Å². The van der Waals surface area contributed by atoms with Crippen LogP contribution in [0.5, 0.6) is 0 Å². The van der Waals surface area contributed by atoms with Crippen molar-refractivity contribution in [1.82, 2.24) is 23.6 Å². The number of rotatable bonds is 3. The number of nitrogens with zero attached hydrogens (tertiary/aromatic N) is 5. The number of aromatic nitrogens is 4. The van der Waals surface area contributed by atoms with Gasteiger partial charge < -0.3 is 9.47 Å². The predicted octanol–water partition coefficient (Wildman–Crippen LogP) is 0.786. The summed E-state index contributed by atoms with van der Waals surface area (Å²) >= 11 is 0. The minimum Gasteiger partial charge on any atom is -0.341 e. The van der Waals surface area contributed by atoms with E-state index in [1.165, 1.54) is 24.4 Å². The van der Waals surface area contributed by atoms with E-state index in [-0.39, 0.29) is 17.5 Å². The predicted molar refractivity (Wildman–Crippen MR) is 94.6 cm³/mol. The highest BCUT2D eigenvalue weighted by atomic mass is 16.2. The quantitative estimate of drug-likeness (QED) is 0.822. The third kappa shape index (κ3) is 2.79. The van der Waals surface area contributed by atoms with Gasteiger partial charge in [0.25, 0.3) is 5.56 Å². The molecule has 8 heteroatoms. The molecule has 8 nitrogen and oxygen atoms in total.